The van der Waals surface area contributed by atoms with Crippen LogP contribution in [0.15, 0.2) is 37.4 Å². The molecule has 10 nitrogen and oxygen atoms in total. The molecule has 0 bridgehead atoms. The van der Waals surface area contributed by atoms with E-state index in [-0.39, 0.29) is 47.2 Å². The van der Waals surface area contributed by atoms with Crippen LogP contribution in [0.5, 0.6) is 0 Å². The number of aryl methyl sites for hydroxylation is 2. The molecule has 0 spiro atoms. The minimum atomic E-state index is -2.45. The van der Waals surface area contributed by atoms with Gasteiger partial charge in [0, 0.05) is 51.7 Å². The van der Waals surface area contributed by atoms with E-state index in [0.29, 0.717) is 39.6 Å². The maximum atomic E-state index is 5.81. The van der Waals surface area contributed by atoms with Crippen LogP contribution in [0.1, 0.15) is 54.4 Å². The molecule has 0 radical (unpaired) electrons. The van der Waals surface area contributed by atoms with Crippen molar-refractivity contribution in [2.75, 3.05) is 39.6 Å². The van der Waals surface area contributed by atoms with Crippen molar-refractivity contribution in [1.29, 1.82) is 0 Å². The molecule has 17 heteroatoms. The van der Waals surface area contributed by atoms with Crippen LogP contribution in [0.2, 0.25) is 12.1 Å². The molecule has 0 amide bonds. The van der Waals surface area contributed by atoms with E-state index < -0.39 is 17.6 Å². The number of H-pyrrole nitrogens is 2. The van der Waals surface area contributed by atoms with Gasteiger partial charge in [-0.25, -0.2) is 9.13 Å². The Labute approximate surface area is 291 Å². The average molecular weight is 932 g/mol. The summed E-state index contributed by atoms with van der Waals surface area (Å²) >= 11 is 6.25. The molecule has 2 rings (SSSR count). The standard InChI is InChI=1S/2C12H24N2O3Si.4BrH.Zn/c2*1-4-15-18(16-5-2,17-6-3)11-7-9-14-10-8-13-12-14;;;;;/h2*8,10,12H,4-7,9,11H2,1-3H3;4*1H;/q;;;;;;+2/p-2. The predicted molar refractivity (Wildman–Crippen MR) is 160 cm³/mol. The quantitative estimate of drug-likeness (QED) is 0.133. The molecule has 0 aromatic carbocycles. The first-order valence-electron chi connectivity index (χ1n) is 13.9. The van der Waals surface area contributed by atoms with Gasteiger partial charge in [-0.2, -0.15) is 0 Å². The third-order valence-corrected chi connectivity index (χ3v) is 11.5. The number of nitrogens with one attached hydrogen (secondary N) is 2. The van der Waals surface area contributed by atoms with Crippen molar-refractivity contribution in [3.05, 3.63) is 37.4 Å². The van der Waals surface area contributed by atoms with E-state index in [1.165, 1.54) is 0 Å². The molecule has 41 heavy (non-hydrogen) atoms. The number of halogens is 4. The van der Waals surface area contributed by atoms with Crippen LogP contribution >= 0.6 is 27.2 Å². The van der Waals surface area contributed by atoms with Gasteiger partial charge in [0.25, 0.3) is 0 Å². The number of hydrogen-bond acceptors (Lipinski definition) is 6. The molecule has 0 saturated heterocycles. The van der Waals surface area contributed by atoms with Crippen molar-refractivity contribution in [3.63, 3.8) is 0 Å². The van der Waals surface area contributed by atoms with Gasteiger partial charge in [0.2, 0.25) is 12.7 Å². The zero-order chi connectivity index (χ0) is 29.2. The second kappa shape index (κ2) is 31.2. The fraction of sp³-hybridized carbons (Fsp3) is 0.750. The molecule has 0 fully saturated rings. The monoisotopic (exact) mass is 926 g/mol. The summed E-state index contributed by atoms with van der Waals surface area (Å²) in [5.41, 5.74) is 0. The Morgan fingerprint density at radius 2 is 0.854 bits per heavy atom. The molecule has 0 aliphatic rings. The average Bonchev–Trinajstić information content (AvgIpc) is 3.61. The second-order valence-electron chi connectivity index (χ2n) is 7.97. The molecule has 240 valence electrons. The number of imidazole rings is 2. The van der Waals surface area contributed by atoms with Crippen LogP contribution in [-0.2, 0) is 52.9 Å². The molecule has 0 aliphatic carbocycles. The molecule has 2 N–H and O–H groups in total. The summed E-state index contributed by atoms with van der Waals surface area (Å²) in [6.45, 7) is 17.7. The van der Waals surface area contributed by atoms with Crippen LogP contribution in [-0.4, -0.2) is 67.2 Å². The Balaban J connectivity index is -0.000000615. The van der Waals surface area contributed by atoms with Crippen LogP contribution in [0.25, 0.3) is 0 Å². The molecule has 2 aromatic rings. The van der Waals surface area contributed by atoms with Crippen LogP contribution in [0.3, 0.4) is 0 Å². The zero-order valence-electron chi connectivity index (χ0n) is 25.5. The number of hydrogen-bond donors (Lipinski definition) is 2. The molecular weight excluding hydrogens is 881 g/mol. The van der Waals surface area contributed by atoms with Gasteiger partial charge in [0.15, 0.2) is 0 Å². The van der Waals surface area contributed by atoms with Gasteiger partial charge in [-0.15, -0.1) is 0 Å². The first-order chi connectivity index (χ1) is 18.9. The van der Waals surface area contributed by atoms with Crippen LogP contribution < -0.4 is 43.1 Å². The summed E-state index contributed by atoms with van der Waals surface area (Å²) in [5, 5.41) is 0. The molecule has 0 aliphatic heterocycles. The van der Waals surface area contributed by atoms with Crippen LogP contribution in [0, 0.1) is 0 Å². The fourth-order valence-corrected chi connectivity index (χ4v) is 9.07. The summed E-state index contributed by atoms with van der Waals surface area (Å²) in [6, 6.07) is 1.72. The summed E-state index contributed by atoms with van der Waals surface area (Å²) < 4.78 is 39.1. The summed E-state index contributed by atoms with van der Waals surface area (Å²) in [5.74, 6) is 0. The van der Waals surface area contributed by atoms with Gasteiger partial charge < -0.3 is 60.5 Å². The first-order valence-corrected chi connectivity index (χ1v) is 31.7. The van der Waals surface area contributed by atoms with Crippen molar-refractivity contribution >= 4 is 44.9 Å². The minimum absolute atomic E-state index is 0. The number of aromatic amines is 2. The van der Waals surface area contributed by atoms with Crippen molar-refractivity contribution in [1.82, 2.24) is 9.97 Å². The van der Waals surface area contributed by atoms with E-state index in [9.17, 15) is 0 Å². The van der Waals surface area contributed by atoms with Crippen molar-refractivity contribution in [2.24, 2.45) is 0 Å². The Bertz CT molecular complexity index is 681. The van der Waals surface area contributed by atoms with Crippen molar-refractivity contribution < 1.29 is 82.9 Å². The van der Waals surface area contributed by atoms with E-state index in [1.807, 2.05) is 79.0 Å². The Kier molecular flexibility index (Phi) is 35.4. The number of aromatic nitrogens is 4. The van der Waals surface area contributed by atoms with E-state index in [1.54, 1.807) is 0 Å². The van der Waals surface area contributed by atoms with E-state index in [2.05, 4.69) is 46.3 Å². The molecule has 2 aromatic heterocycles. The summed E-state index contributed by atoms with van der Waals surface area (Å²) in [6.07, 6.45) is 13.8. The summed E-state index contributed by atoms with van der Waals surface area (Å²) in [7, 11) is -4.91. The van der Waals surface area contributed by atoms with Gasteiger partial charge in [0.05, 0.1) is 13.1 Å². The van der Waals surface area contributed by atoms with Gasteiger partial charge in [0.1, 0.15) is 24.8 Å². The molecule has 0 unspecified atom stereocenters. The maximum absolute atomic E-state index is 5.81. The molecule has 0 atom stereocenters. The Hall–Kier alpha value is 1.16. The normalized spacial score (nSPS) is 10.7. The van der Waals surface area contributed by atoms with Crippen molar-refractivity contribution in [3.8, 4) is 0 Å². The Morgan fingerprint density at radius 3 is 1.05 bits per heavy atom. The second-order valence-corrected chi connectivity index (χ2v) is 27.5. The predicted octanol–water partition coefficient (Wildman–Crippen LogP) is -0.822. The summed E-state index contributed by atoms with van der Waals surface area (Å²) in [4.78, 5) is 6.07. The molecular formula is C24H50Br4N4O6Si2Zn. The number of nitrogens with zero attached hydrogens (tertiary/aromatic N) is 2. The topological polar surface area (TPSA) is 94.7 Å². The van der Waals surface area contributed by atoms with Gasteiger partial charge in [-0.05, 0) is 54.4 Å². The Morgan fingerprint density at radius 1 is 0.585 bits per heavy atom. The molecule has 0 saturated carbocycles. The number of rotatable bonds is 20. The fourth-order valence-electron chi connectivity index (χ4n) is 3.88. The zero-order valence-corrected chi connectivity index (χ0v) is 36.8. The third kappa shape index (κ3) is 22.3. The third-order valence-electron chi connectivity index (χ3n) is 5.19. The molecule has 2 heterocycles. The van der Waals surface area contributed by atoms with E-state index >= 15 is 0 Å². The van der Waals surface area contributed by atoms with Gasteiger partial charge in [-0.1, -0.05) is 0 Å². The van der Waals surface area contributed by atoms with Gasteiger partial charge in [-0.3, -0.25) is 9.97 Å². The van der Waals surface area contributed by atoms with Crippen LogP contribution in [0.4, 0.5) is 0 Å². The van der Waals surface area contributed by atoms with Gasteiger partial charge >= 0.3 is 58.1 Å². The van der Waals surface area contributed by atoms with E-state index in [0.717, 1.165) is 38.0 Å². The van der Waals surface area contributed by atoms with E-state index in [4.69, 9.17) is 26.6 Å². The SMILES string of the molecule is CCO[Si](CCC[n+]1cc[nH]c1)(OCC)OCC.CCO[Si](CCC[n+]1cc[nH]c1)(OCC)OCC.[Br-].[Br-].[Br][Zn][Br]. The first kappa shape index (κ1) is 46.6. The van der Waals surface area contributed by atoms with Crippen molar-refractivity contribution in [2.45, 2.75) is 79.6 Å².